The van der Waals surface area contributed by atoms with E-state index in [4.69, 9.17) is 14.2 Å². The van der Waals surface area contributed by atoms with Crippen molar-refractivity contribution in [1.29, 1.82) is 0 Å². The van der Waals surface area contributed by atoms with Gasteiger partial charge in [0.15, 0.2) is 5.79 Å². The van der Waals surface area contributed by atoms with Crippen molar-refractivity contribution in [3.05, 3.63) is 12.2 Å². The zero-order valence-electron chi connectivity index (χ0n) is 28.1. The van der Waals surface area contributed by atoms with Gasteiger partial charge < -0.3 is 24.4 Å². The normalized spacial score (nSPS) is 20.3. The Bertz CT molecular complexity index is 847. The summed E-state index contributed by atoms with van der Waals surface area (Å²) in [6, 6.07) is 0. The maximum absolute atomic E-state index is 12.7. The molecule has 0 saturated carbocycles. The first kappa shape index (κ1) is 37.3. The maximum Gasteiger partial charge on any atom is 0.307 e. The zero-order chi connectivity index (χ0) is 31.6. The predicted octanol–water partition coefficient (Wildman–Crippen LogP) is 7.24. The number of nitrogens with one attached hydrogen (secondary N) is 1. The van der Waals surface area contributed by atoms with Crippen LogP contribution in [0.15, 0.2) is 12.2 Å². The van der Waals surface area contributed by atoms with Gasteiger partial charge in [0, 0.05) is 44.3 Å². The highest BCUT2D eigenvalue weighted by Gasteiger charge is 2.45. The van der Waals surface area contributed by atoms with Crippen LogP contribution in [0.1, 0.15) is 144 Å². The fraction of sp³-hybridized carbons (Fsp3) is 0.857. The molecule has 0 bridgehead atoms. The number of rotatable bonds is 20. The average molecular weight is 607 g/mol. The van der Waals surface area contributed by atoms with Gasteiger partial charge in [0.25, 0.3) is 0 Å². The minimum atomic E-state index is -0.823. The van der Waals surface area contributed by atoms with Crippen molar-refractivity contribution in [2.45, 2.75) is 162 Å². The number of hydrogen-bond acceptors (Lipinski definition) is 6. The highest BCUT2D eigenvalue weighted by atomic mass is 16.7. The van der Waals surface area contributed by atoms with E-state index in [0.717, 1.165) is 12.8 Å². The summed E-state index contributed by atoms with van der Waals surface area (Å²) in [5.41, 5.74) is -0.463. The molecule has 2 aliphatic heterocycles. The predicted molar refractivity (Wildman–Crippen MR) is 171 cm³/mol. The van der Waals surface area contributed by atoms with Crippen LogP contribution in [0, 0.1) is 5.41 Å². The molecule has 0 radical (unpaired) electrons. The van der Waals surface area contributed by atoms with E-state index in [1.54, 1.807) is 13.8 Å². The molecule has 1 unspecified atom stereocenters. The molecule has 2 aliphatic rings. The van der Waals surface area contributed by atoms with E-state index in [1.165, 1.54) is 70.6 Å². The van der Waals surface area contributed by atoms with Gasteiger partial charge in [-0.1, -0.05) is 84.3 Å². The summed E-state index contributed by atoms with van der Waals surface area (Å²) >= 11 is 0. The quantitative estimate of drug-likeness (QED) is 0.0892. The van der Waals surface area contributed by atoms with Gasteiger partial charge in [-0.3, -0.25) is 14.4 Å². The Morgan fingerprint density at radius 1 is 0.837 bits per heavy atom. The van der Waals surface area contributed by atoms with Crippen molar-refractivity contribution < 1.29 is 28.6 Å². The van der Waals surface area contributed by atoms with Gasteiger partial charge in [0.2, 0.25) is 11.8 Å². The Balaban J connectivity index is 1.46. The number of carbonyl (C=O) groups excluding carboxylic acids is 3. The lowest BCUT2D eigenvalue weighted by molar-refractivity contribution is -0.304. The molecule has 0 aliphatic carbocycles. The van der Waals surface area contributed by atoms with Crippen molar-refractivity contribution in [2.24, 2.45) is 5.41 Å². The molecular formula is C35H62N2O6. The Hall–Kier alpha value is -1.93. The van der Waals surface area contributed by atoms with Gasteiger partial charge in [-0.15, -0.1) is 0 Å². The first-order valence-corrected chi connectivity index (χ1v) is 17.3. The molecule has 0 spiro atoms. The summed E-state index contributed by atoms with van der Waals surface area (Å²) in [5, 5.41) is 2.81. The number of ether oxygens (including phenoxy) is 3. The van der Waals surface area contributed by atoms with Crippen molar-refractivity contribution in [1.82, 2.24) is 10.2 Å². The number of likely N-dealkylation sites (tertiary alicyclic amines) is 1. The Labute approximate surface area is 262 Å². The van der Waals surface area contributed by atoms with Crippen molar-refractivity contribution in [3.63, 3.8) is 0 Å². The summed E-state index contributed by atoms with van der Waals surface area (Å²) in [7, 11) is 0. The summed E-state index contributed by atoms with van der Waals surface area (Å²) in [5.74, 6) is -1.18. The molecule has 2 heterocycles. The van der Waals surface area contributed by atoms with Gasteiger partial charge >= 0.3 is 5.97 Å². The highest BCUT2D eigenvalue weighted by molar-refractivity contribution is 5.82. The fourth-order valence-corrected chi connectivity index (χ4v) is 5.67. The minimum Gasteiger partial charge on any atom is -0.462 e. The van der Waals surface area contributed by atoms with E-state index >= 15 is 0 Å². The van der Waals surface area contributed by atoms with Gasteiger partial charge in [0.05, 0.1) is 13.0 Å². The van der Waals surface area contributed by atoms with Crippen LogP contribution in [0.2, 0.25) is 0 Å². The molecule has 1 N–H and O–H groups in total. The second-order valence-electron chi connectivity index (χ2n) is 13.6. The molecule has 8 heteroatoms. The molecule has 2 fully saturated rings. The summed E-state index contributed by atoms with van der Waals surface area (Å²) in [6.45, 7) is 11.6. The van der Waals surface area contributed by atoms with Crippen molar-refractivity contribution in [2.75, 3.05) is 26.2 Å². The van der Waals surface area contributed by atoms with E-state index < -0.39 is 17.3 Å². The number of amides is 2. The van der Waals surface area contributed by atoms with Gasteiger partial charge in [-0.25, -0.2) is 0 Å². The van der Waals surface area contributed by atoms with E-state index in [2.05, 4.69) is 24.4 Å². The second kappa shape index (κ2) is 20.2. The van der Waals surface area contributed by atoms with Crippen LogP contribution >= 0.6 is 0 Å². The average Bonchev–Trinajstić information content (AvgIpc) is 2.96. The number of allylic oxidation sites excluding steroid dienone is 2. The van der Waals surface area contributed by atoms with Gasteiger partial charge in [-0.2, -0.15) is 0 Å². The van der Waals surface area contributed by atoms with Crippen LogP contribution in [0.4, 0.5) is 0 Å². The second-order valence-corrected chi connectivity index (χ2v) is 13.6. The highest BCUT2D eigenvalue weighted by Crippen LogP contribution is 2.34. The Morgan fingerprint density at radius 3 is 2.05 bits per heavy atom. The van der Waals surface area contributed by atoms with Crippen LogP contribution in [-0.4, -0.2) is 66.9 Å². The molecule has 0 aromatic rings. The third-order valence-electron chi connectivity index (χ3n) is 8.51. The molecule has 248 valence electrons. The van der Waals surface area contributed by atoms with E-state index in [-0.39, 0.29) is 36.9 Å². The van der Waals surface area contributed by atoms with Crippen LogP contribution in [0.3, 0.4) is 0 Å². The maximum atomic E-state index is 12.7. The van der Waals surface area contributed by atoms with Crippen LogP contribution < -0.4 is 5.32 Å². The van der Waals surface area contributed by atoms with Crippen LogP contribution in [-0.2, 0) is 28.6 Å². The van der Waals surface area contributed by atoms with E-state index in [0.29, 0.717) is 39.0 Å². The SMILES string of the molecule is CCCCCCCC/C=C\CCCCCCCC(=O)N1CCC(OC(=O)CCNC(=O)C2OC(C)(C)OCC2(C)C)CC1. The first-order valence-electron chi connectivity index (χ1n) is 17.3. The number of piperidine rings is 1. The van der Waals surface area contributed by atoms with E-state index in [9.17, 15) is 14.4 Å². The lowest BCUT2D eigenvalue weighted by atomic mass is 9.85. The molecule has 2 amide bonds. The number of esters is 1. The largest absolute Gasteiger partial charge is 0.462 e. The summed E-state index contributed by atoms with van der Waals surface area (Å²) in [4.78, 5) is 39.6. The topological polar surface area (TPSA) is 94.2 Å². The Morgan fingerprint density at radius 2 is 1.42 bits per heavy atom. The molecule has 43 heavy (non-hydrogen) atoms. The number of carbonyl (C=O) groups is 3. The summed E-state index contributed by atoms with van der Waals surface area (Å²) in [6.07, 6.45) is 22.2. The molecule has 2 rings (SSSR count). The van der Waals surface area contributed by atoms with Crippen molar-refractivity contribution in [3.8, 4) is 0 Å². The third kappa shape index (κ3) is 15.6. The minimum absolute atomic E-state index is 0.105. The Kier molecular flexibility index (Phi) is 17.5. The third-order valence-corrected chi connectivity index (χ3v) is 8.51. The summed E-state index contributed by atoms with van der Waals surface area (Å²) < 4.78 is 17.1. The molecule has 1 atom stereocenters. The smallest absolute Gasteiger partial charge is 0.307 e. The van der Waals surface area contributed by atoms with Crippen LogP contribution in [0.5, 0.6) is 0 Å². The molecule has 0 aromatic carbocycles. The number of hydrogen-bond donors (Lipinski definition) is 1. The number of nitrogens with zero attached hydrogens (tertiary/aromatic N) is 1. The standard InChI is InChI=1S/C35H62N2O6/c1-6-7-8-9-10-11-12-13-14-15-16-17-18-19-20-21-30(38)37-26-23-29(24-27-37)42-31(39)22-25-36-33(40)32-34(2,3)28-41-35(4,5)43-32/h13-14,29,32H,6-12,15-28H2,1-5H3,(H,36,40)/b14-13-. The lowest BCUT2D eigenvalue weighted by Crippen LogP contribution is -2.56. The van der Waals surface area contributed by atoms with Crippen LogP contribution in [0.25, 0.3) is 0 Å². The fourth-order valence-electron chi connectivity index (χ4n) is 5.67. The molecule has 0 aromatic heterocycles. The molecular weight excluding hydrogens is 544 g/mol. The number of unbranched alkanes of at least 4 members (excludes halogenated alkanes) is 11. The lowest BCUT2D eigenvalue weighted by Gasteiger charge is -2.44. The zero-order valence-corrected chi connectivity index (χ0v) is 28.1. The molecule has 2 saturated heterocycles. The van der Waals surface area contributed by atoms with Gasteiger partial charge in [0.1, 0.15) is 12.2 Å². The van der Waals surface area contributed by atoms with Gasteiger partial charge in [-0.05, 0) is 46.0 Å². The van der Waals surface area contributed by atoms with E-state index in [1.807, 2.05) is 18.7 Å². The van der Waals surface area contributed by atoms with Crippen molar-refractivity contribution >= 4 is 17.8 Å². The first-order chi connectivity index (χ1) is 20.5. The molecule has 8 nitrogen and oxygen atoms in total. The monoisotopic (exact) mass is 606 g/mol.